The van der Waals surface area contributed by atoms with Crippen molar-refractivity contribution in [3.63, 3.8) is 0 Å². The third kappa shape index (κ3) is 1.98. The molecule has 1 aliphatic rings. The van der Waals surface area contributed by atoms with Gasteiger partial charge in [-0.3, -0.25) is 4.79 Å². The van der Waals surface area contributed by atoms with Crippen LogP contribution < -0.4 is 0 Å². The van der Waals surface area contributed by atoms with Gasteiger partial charge in [-0.1, -0.05) is 17.7 Å². The van der Waals surface area contributed by atoms with Crippen LogP contribution >= 0.6 is 0 Å². The zero-order valence-corrected chi connectivity index (χ0v) is 8.07. The van der Waals surface area contributed by atoms with Crippen molar-refractivity contribution >= 4 is 5.97 Å². The van der Waals surface area contributed by atoms with E-state index in [9.17, 15) is 4.79 Å². The van der Waals surface area contributed by atoms with Crippen LogP contribution in [0.1, 0.15) is 13.8 Å². The van der Waals surface area contributed by atoms with E-state index < -0.39 is 17.5 Å². The number of hydrogen-bond donors (Lipinski definition) is 1. The molecule has 0 aliphatic heterocycles. The first-order valence-electron chi connectivity index (χ1n) is 4.15. The van der Waals surface area contributed by atoms with Crippen LogP contribution in [-0.2, 0) is 9.53 Å². The summed E-state index contributed by atoms with van der Waals surface area (Å²) in [6, 6.07) is 0. The summed E-state index contributed by atoms with van der Waals surface area (Å²) in [4.78, 5) is 10.7. The van der Waals surface area contributed by atoms with Crippen molar-refractivity contribution in [1.82, 2.24) is 0 Å². The Kier molecular flexibility index (Phi) is 2.57. The predicted molar refractivity (Wildman–Crippen MR) is 49.4 cm³/mol. The molecule has 0 saturated heterocycles. The molecular formula is C10H14O3. The van der Waals surface area contributed by atoms with Crippen LogP contribution in [0.15, 0.2) is 23.8 Å². The highest BCUT2D eigenvalue weighted by atomic mass is 16.5. The minimum atomic E-state index is -0.817. The van der Waals surface area contributed by atoms with Gasteiger partial charge in [0.1, 0.15) is 5.60 Å². The summed E-state index contributed by atoms with van der Waals surface area (Å²) in [6.45, 7) is 3.70. The highest BCUT2D eigenvalue weighted by Gasteiger charge is 2.27. The molecular weight excluding hydrogens is 168 g/mol. The second-order valence-corrected chi connectivity index (χ2v) is 3.45. The summed E-state index contributed by atoms with van der Waals surface area (Å²) in [7, 11) is 1.61. The van der Waals surface area contributed by atoms with E-state index in [1.54, 1.807) is 26.2 Å². The molecule has 0 fully saturated rings. The molecule has 13 heavy (non-hydrogen) atoms. The standard InChI is InChI=1S/C10H14O3/c1-7-6-10(2,13-3)5-4-8(7)9(11)12/h4-6,8H,1-3H3,(H,11,12). The van der Waals surface area contributed by atoms with Gasteiger partial charge in [0.2, 0.25) is 0 Å². The Labute approximate surface area is 77.7 Å². The molecule has 3 nitrogen and oxygen atoms in total. The van der Waals surface area contributed by atoms with E-state index in [1.165, 1.54) is 0 Å². The molecule has 0 bridgehead atoms. The highest BCUT2D eigenvalue weighted by Crippen LogP contribution is 2.26. The van der Waals surface area contributed by atoms with Crippen molar-refractivity contribution in [3.05, 3.63) is 23.8 Å². The van der Waals surface area contributed by atoms with Crippen molar-refractivity contribution in [3.8, 4) is 0 Å². The lowest BCUT2D eigenvalue weighted by Crippen LogP contribution is -2.28. The molecule has 0 aromatic carbocycles. The van der Waals surface area contributed by atoms with E-state index in [4.69, 9.17) is 9.84 Å². The van der Waals surface area contributed by atoms with Crippen LogP contribution in [0.25, 0.3) is 0 Å². The molecule has 0 saturated carbocycles. The summed E-state index contributed by atoms with van der Waals surface area (Å²) in [5.74, 6) is -1.31. The van der Waals surface area contributed by atoms with Crippen LogP contribution in [-0.4, -0.2) is 23.8 Å². The van der Waals surface area contributed by atoms with E-state index in [0.29, 0.717) is 0 Å². The topological polar surface area (TPSA) is 46.5 Å². The van der Waals surface area contributed by atoms with E-state index >= 15 is 0 Å². The molecule has 0 spiro atoms. The van der Waals surface area contributed by atoms with Crippen LogP contribution in [0.4, 0.5) is 0 Å². The molecule has 0 aromatic rings. The van der Waals surface area contributed by atoms with Crippen LogP contribution in [0, 0.1) is 5.92 Å². The Morgan fingerprint density at radius 2 is 2.31 bits per heavy atom. The second-order valence-electron chi connectivity index (χ2n) is 3.45. The molecule has 2 unspecified atom stereocenters. The number of carbonyl (C=O) groups is 1. The average Bonchev–Trinajstić information content (AvgIpc) is 2.03. The lowest BCUT2D eigenvalue weighted by molar-refractivity contribution is -0.139. The van der Waals surface area contributed by atoms with Crippen molar-refractivity contribution < 1.29 is 14.6 Å². The smallest absolute Gasteiger partial charge is 0.314 e. The van der Waals surface area contributed by atoms with Crippen molar-refractivity contribution in [1.29, 1.82) is 0 Å². The first-order valence-corrected chi connectivity index (χ1v) is 4.15. The second kappa shape index (κ2) is 3.34. The lowest BCUT2D eigenvalue weighted by Gasteiger charge is -2.26. The maximum atomic E-state index is 10.7. The molecule has 2 atom stereocenters. The highest BCUT2D eigenvalue weighted by molar-refractivity contribution is 5.76. The summed E-state index contributed by atoms with van der Waals surface area (Å²) in [5, 5.41) is 8.82. The lowest BCUT2D eigenvalue weighted by atomic mass is 9.88. The number of aliphatic carboxylic acids is 1. The zero-order valence-electron chi connectivity index (χ0n) is 8.07. The van der Waals surface area contributed by atoms with E-state index in [-0.39, 0.29) is 0 Å². The Morgan fingerprint density at radius 3 is 2.69 bits per heavy atom. The number of rotatable bonds is 2. The summed E-state index contributed by atoms with van der Waals surface area (Å²) in [5.41, 5.74) is 0.370. The molecule has 0 heterocycles. The summed E-state index contributed by atoms with van der Waals surface area (Å²) >= 11 is 0. The molecule has 72 valence electrons. The fraction of sp³-hybridized carbons (Fsp3) is 0.500. The number of carboxylic acids is 1. The van der Waals surface area contributed by atoms with Gasteiger partial charge in [0.15, 0.2) is 0 Å². The molecule has 0 aromatic heterocycles. The Hall–Kier alpha value is -1.09. The van der Waals surface area contributed by atoms with Gasteiger partial charge in [0.05, 0.1) is 5.92 Å². The largest absolute Gasteiger partial charge is 0.481 e. The van der Waals surface area contributed by atoms with Crippen LogP contribution in [0.2, 0.25) is 0 Å². The van der Waals surface area contributed by atoms with Gasteiger partial charge in [-0.05, 0) is 19.9 Å². The van der Waals surface area contributed by atoms with Gasteiger partial charge in [0.25, 0.3) is 0 Å². The summed E-state index contributed by atoms with van der Waals surface area (Å²) in [6.07, 6.45) is 5.28. The monoisotopic (exact) mass is 182 g/mol. The van der Waals surface area contributed by atoms with Gasteiger partial charge in [-0.2, -0.15) is 0 Å². The maximum Gasteiger partial charge on any atom is 0.314 e. The number of hydrogen-bond acceptors (Lipinski definition) is 2. The van der Waals surface area contributed by atoms with E-state index in [0.717, 1.165) is 5.57 Å². The van der Waals surface area contributed by atoms with Crippen LogP contribution in [0.3, 0.4) is 0 Å². The Morgan fingerprint density at radius 1 is 1.69 bits per heavy atom. The molecule has 1 N–H and O–H groups in total. The predicted octanol–water partition coefficient (Wildman–Crippen LogP) is 1.61. The molecule has 0 amide bonds. The first-order chi connectivity index (χ1) is 5.98. The zero-order chi connectivity index (χ0) is 10.1. The Balaban J connectivity index is 2.91. The van der Waals surface area contributed by atoms with Gasteiger partial charge in [-0.25, -0.2) is 0 Å². The van der Waals surface area contributed by atoms with E-state index in [1.807, 2.05) is 13.0 Å². The molecule has 3 heteroatoms. The normalized spacial score (nSPS) is 32.8. The van der Waals surface area contributed by atoms with Gasteiger partial charge < -0.3 is 9.84 Å². The maximum absolute atomic E-state index is 10.7. The quantitative estimate of drug-likeness (QED) is 0.660. The minimum Gasteiger partial charge on any atom is -0.481 e. The van der Waals surface area contributed by atoms with Gasteiger partial charge >= 0.3 is 5.97 Å². The molecule has 1 rings (SSSR count). The third-order valence-electron chi connectivity index (χ3n) is 2.33. The molecule has 1 aliphatic carbocycles. The molecule has 0 radical (unpaired) electrons. The number of carboxylic acid groups (broad SMARTS) is 1. The van der Waals surface area contributed by atoms with Gasteiger partial charge in [-0.15, -0.1) is 0 Å². The fourth-order valence-corrected chi connectivity index (χ4v) is 1.43. The minimum absolute atomic E-state index is 0.448. The SMILES string of the molecule is COC1(C)C=CC(C(=O)O)C(C)=C1. The third-order valence-corrected chi connectivity index (χ3v) is 2.33. The Bertz CT molecular complexity index is 278. The van der Waals surface area contributed by atoms with E-state index in [2.05, 4.69) is 0 Å². The van der Waals surface area contributed by atoms with Crippen molar-refractivity contribution in [2.24, 2.45) is 5.92 Å². The fourth-order valence-electron chi connectivity index (χ4n) is 1.43. The van der Waals surface area contributed by atoms with Gasteiger partial charge in [0, 0.05) is 7.11 Å². The number of ether oxygens (including phenoxy) is 1. The van der Waals surface area contributed by atoms with Crippen LogP contribution in [0.5, 0.6) is 0 Å². The number of methoxy groups -OCH3 is 1. The van der Waals surface area contributed by atoms with Crippen molar-refractivity contribution in [2.75, 3.05) is 7.11 Å². The van der Waals surface area contributed by atoms with Crippen molar-refractivity contribution in [2.45, 2.75) is 19.4 Å². The average molecular weight is 182 g/mol. The first kappa shape index (κ1) is 9.99. The summed E-state index contributed by atoms with van der Waals surface area (Å²) < 4.78 is 5.22.